The van der Waals surface area contributed by atoms with Crippen LogP contribution in [0.25, 0.3) is 0 Å². The third kappa shape index (κ3) is 6.23. The molecule has 7 nitrogen and oxygen atoms in total. The van der Waals surface area contributed by atoms with Gasteiger partial charge in [0, 0.05) is 39.1 Å². The Hall–Kier alpha value is -2.12. The predicted molar refractivity (Wildman–Crippen MR) is 124 cm³/mol. The van der Waals surface area contributed by atoms with Crippen molar-refractivity contribution < 1.29 is 19.1 Å². The van der Waals surface area contributed by atoms with E-state index in [4.69, 9.17) is 9.47 Å². The van der Waals surface area contributed by atoms with E-state index in [9.17, 15) is 9.59 Å². The van der Waals surface area contributed by atoms with Gasteiger partial charge >= 0.3 is 0 Å². The number of unbranched alkanes of at least 4 members (excludes halogenated alkanes) is 1. The average Bonchev–Trinajstić information content (AvgIpc) is 3.12. The summed E-state index contributed by atoms with van der Waals surface area (Å²) in [5.41, 5.74) is 0.977. The van der Waals surface area contributed by atoms with Gasteiger partial charge in [-0.25, -0.2) is 0 Å². The summed E-state index contributed by atoms with van der Waals surface area (Å²) in [6.07, 6.45) is 2.16. The minimum atomic E-state index is -0.400. The molecule has 0 radical (unpaired) electrons. The van der Waals surface area contributed by atoms with Crippen molar-refractivity contribution in [1.82, 2.24) is 15.1 Å². The molecule has 0 bridgehead atoms. The molecule has 0 spiro atoms. The van der Waals surface area contributed by atoms with Crippen LogP contribution >= 0.6 is 0 Å². The van der Waals surface area contributed by atoms with Crippen molar-refractivity contribution in [3.63, 3.8) is 0 Å². The van der Waals surface area contributed by atoms with Crippen LogP contribution in [0.1, 0.15) is 51.6 Å². The molecule has 2 aliphatic rings. The number of morpholine rings is 1. The lowest BCUT2D eigenvalue weighted by Crippen LogP contribution is -2.49. The fraction of sp³-hybridized carbons (Fsp3) is 0.680. The van der Waals surface area contributed by atoms with Crippen LogP contribution in [0.15, 0.2) is 24.3 Å². The molecule has 2 heterocycles. The summed E-state index contributed by atoms with van der Waals surface area (Å²) in [6.45, 7) is 11.2. The Bertz CT molecular complexity index is 752. The number of ether oxygens (including phenoxy) is 2. The number of methoxy groups -OCH3 is 1. The number of amides is 2. The molecular weight excluding hydrogens is 406 g/mol. The van der Waals surface area contributed by atoms with E-state index in [0.717, 1.165) is 43.8 Å². The predicted octanol–water partition coefficient (Wildman–Crippen LogP) is 2.86. The van der Waals surface area contributed by atoms with E-state index < -0.39 is 5.92 Å². The van der Waals surface area contributed by atoms with Gasteiger partial charge in [-0.15, -0.1) is 0 Å². The van der Waals surface area contributed by atoms with Crippen LogP contribution in [-0.4, -0.2) is 74.2 Å². The third-order valence-electron chi connectivity index (χ3n) is 6.33. The third-order valence-corrected chi connectivity index (χ3v) is 6.33. The maximum absolute atomic E-state index is 13.2. The molecule has 3 atom stereocenters. The fourth-order valence-electron chi connectivity index (χ4n) is 4.76. The zero-order chi connectivity index (χ0) is 23.1. The molecule has 1 N–H and O–H groups in total. The van der Waals surface area contributed by atoms with Crippen molar-refractivity contribution >= 4 is 11.8 Å². The lowest BCUT2D eigenvalue weighted by molar-refractivity contribution is -0.129. The summed E-state index contributed by atoms with van der Waals surface area (Å²) >= 11 is 0. The summed E-state index contributed by atoms with van der Waals surface area (Å²) in [4.78, 5) is 30.4. The molecule has 2 saturated heterocycles. The smallest absolute Gasteiger partial charge is 0.226 e. The highest BCUT2D eigenvalue weighted by atomic mass is 16.5. The van der Waals surface area contributed by atoms with Crippen LogP contribution in [0.2, 0.25) is 0 Å². The molecule has 1 aromatic rings. The number of nitrogens with one attached hydrogen (secondary N) is 1. The molecule has 1 aromatic carbocycles. The topological polar surface area (TPSA) is 71.1 Å². The first kappa shape index (κ1) is 24.5. The van der Waals surface area contributed by atoms with Gasteiger partial charge in [-0.1, -0.05) is 39.3 Å². The van der Waals surface area contributed by atoms with Crippen LogP contribution in [0.4, 0.5) is 0 Å². The molecule has 2 amide bonds. The maximum Gasteiger partial charge on any atom is 0.226 e. The highest BCUT2D eigenvalue weighted by molar-refractivity contribution is 5.90. The van der Waals surface area contributed by atoms with Gasteiger partial charge in [0.1, 0.15) is 5.75 Å². The summed E-state index contributed by atoms with van der Waals surface area (Å²) in [5, 5.41) is 3.09. The monoisotopic (exact) mass is 445 g/mol. The van der Waals surface area contributed by atoms with Crippen molar-refractivity contribution in [2.75, 3.05) is 46.4 Å². The second-order valence-electron chi connectivity index (χ2n) is 9.36. The van der Waals surface area contributed by atoms with E-state index in [0.29, 0.717) is 25.6 Å². The van der Waals surface area contributed by atoms with Crippen molar-refractivity contribution in [1.29, 1.82) is 0 Å². The van der Waals surface area contributed by atoms with E-state index in [2.05, 4.69) is 31.0 Å². The first-order chi connectivity index (χ1) is 15.4. The van der Waals surface area contributed by atoms with Crippen LogP contribution in [0.5, 0.6) is 5.75 Å². The molecule has 2 fully saturated rings. The van der Waals surface area contributed by atoms with E-state index in [1.54, 1.807) is 7.11 Å². The van der Waals surface area contributed by atoms with Gasteiger partial charge in [0.05, 0.1) is 31.8 Å². The Kier molecular flexibility index (Phi) is 8.93. The van der Waals surface area contributed by atoms with Crippen LogP contribution in [-0.2, 0) is 14.3 Å². The minimum Gasteiger partial charge on any atom is -0.497 e. The van der Waals surface area contributed by atoms with Gasteiger partial charge in [-0.05, 0) is 30.0 Å². The average molecular weight is 446 g/mol. The van der Waals surface area contributed by atoms with Crippen LogP contribution in [0, 0.1) is 11.8 Å². The number of nitrogens with zero attached hydrogens (tertiary/aromatic N) is 2. The van der Waals surface area contributed by atoms with E-state index in [-0.39, 0.29) is 30.4 Å². The maximum atomic E-state index is 13.2. The lowest BCUT2D eigenvalue weighted by atomic mass is 9.92. The van der Waals surface area contributed by atoms with Gasteiger partial charge in [-0.3, -0.25) is 14.5 Å². The Morgan fingerprint density at radius 3 is 2.69 bits per heavy atom. The number of benzene rings is 1. The number of likely N-dealkylation sites (tertiary alicyclic amines) is 1. The Morgan fingerprint density at radius 1 is 1.28 bits per heavy atom. The molecule has 32 heavy (non-hydrogen) atoms. The van der Waals surface area contributed by atoms with Gasteiger partial charge in [-0.2, -0.15) is 0 Å². The zero-order valence-corrected chi connectivity index (χ0v) is 20.0. The van der Waals surface area contributed by atoms with E-state index in [1.165, 1.54) is 0 Å². The highest BCUT2D eigenvalue weighted by Gasteiger charge is 2.44. The second kappa shape index (κ2) is 11.7. The molecule has 3 unspecified atom stereocenters. The van der Waals surface area contributed by atoms with Crippen LogP contribution < -0.4 is 10.1 Å². The Morgan fingerprint density at radius 2 is 2.03 bits per heavy atom. The SMILES string of the molecule is CCCCN1C(=O)CC(C(=O)NCC2CN(CC(C)C)CCO2)C1c1ccc(OC)cc1. The van der Waals surface area contributed by atoms with Gasteiger partial charge in [0.2, 0.25) is 11.8 Å². The van der Waals surface area contributed by atoms with Crippen molar-refractivity contribution in [3.8, 4) is 5.75 Å². The summed E-state index contributed by atoms with van der Waals surface area (Å²) < 4.78 is 11.2. The second-order valence-corrected chi connectivity index (χ2v) is 9.36. The van der Waals surface area contributed by atoms with Gasteiger partial charge in [0.15, 0.2) is 0 Å². The highest BCUT2D eigenvalue weighted by Crippen LogP contribution is 2.39. The normalized spacial score (nSPS) is 24.2. The Labute approximate surface area is 192 Å². The zero-order valence-electron chi connectivity index (χ0n) is 20.0. The van der Waals surface area contributed by atoms with E-state index in [1.807, 2.05) is 29.2 Å². The molecule has 0 saturated carbocycles. The number of carbonyl (C=O) groups is 2. The first-order valence-electron chi connectivity index (χ1n) is 12.0. The molecule has 0 aromatic heterocycles. The lowest BCUT2D eigenvalue weighted by Gasteiger charge is -2.34. The van der Waals surface area contributed by atoms with Crippen LogP contribution in [0.3, 0.4) is 0 Å². The van der Waals surface area contributed by atoms with Crippen molar-refractivity contribution in [2.24, 2.45) is 11.8 Å². The molecular formula is C25H39N3O4. The number of hydrogen-bond acceptors (Lipinski definition) is 5. The quantitative estimate of drug-likeness (QED) is 0.600. The van der Waals surface area contributed by atoms with Crippen molar-refractivity contribution in [2.45, 2.75) is 52.2 Å². The standard InChI is InChI=1S/C25H39N3O4/c1-5-6-11-28-23(29)14-22(24(28)19-7-9-20(31-4)10-8-19)25(30)26-15-21-17-27(12-13-32-21)16-18(2)3/h7-10,18,21-22,24H,5-6,11-17H2,1-4H3,(H,26,30). The van der Waals surface area contributed by atoms with Gasteiger partial charge in [0.25, 0.3) is 0 Å². The molecule has 178 valence electrons. The largest absolute Gasteiger partial charge is 0.497 e. The summed E-state index contributed by atoms with van der Waals surface area (Å²) in [6, 6.07) is 7.48. The minimum absolute atomic E-state index is 0.0146. The summed E-state index contributed by atoms with van der Waals surface area (Å²) in [5.74, 6) is 0.953. The number of rotatable bonds is 10. The molecule has 0 aliphatic carbocycles. The van der Waals surface area contributed by atoms with Gasteiger partial charge < -0.3 is 19.7 Å². The fourth-order valence-corrected chi connectivity index (χ4v) is 4.76. The first-order valence-corrected chi connectivity index (χ1v) is 12.0. The number of hydrogen-bond donors (Lipinski definition) is 1. The van der Waals surface area contributed by atoms with Crippen molar-refractivity contribution in [3.05, 3.63) is 29.8 Å². The Balaban J connectivity index is 1.67. The molecule has 3 rings (SSSR count). The summed E-state index contributed by atoms with van der Waals surface area (Å²) in [7, 11) is 1.63. The number of carbonyl (C=O) groups excluding carboxylic acids is 2. The van der Waals surface area contributed by atoms with E-state index >= 15 is 0 Å². The molecule has 7 heteroatoms. The molecule has 2 aliphatic heterocycles.